The van der Waals surface area contributed by atoms with Gasteiger partial charge in [0.2, 0.25) is 0 Å². The topological polar surface area (TPSA) is 34.1 Å². The minimum atomic E-state index is 0.878. The molecule has 0 aromatic carbocycles. The standard InChI is InChI=1S/C66H106O2S4/c1-5-9-13-17-21-25-29-33-37-41-45-55-49-59(53-67)69-63(55)65-57(47-43-39-35-31-27-23-19-15-11-7-3)51-61(71-65)62-52-58(48-44-40-36-32-28-24-20-16-12-8-4)66(72-62)64-56(50-60(54-68)70-64)46-42-38-34-30-26-22-18-14-10-6-2/h49-54H,5-48H2,1-4H3. The van der Waals surface area contributed by atoms with E-state index in [0.717, 1.165) is 48.0 Å². The van der Waals surface area contributed by atoms with Crippen LogP contribution in [0.3, 0.4) is 0 Å². The van der Waals surface area contributed by atoms with Gasteiger partial charge in [-0.25, -0.2) is 0 Å². The third kappa shape index (κ3) is 25.3. The van der Waals surface area contributed by atoms with E-state index in [4.69, 9.17) is 0 Å². The first-order valence-electron chi connectivity index (χ1n) is 31.0. The number of unbranched alkanes of at least 4 members (excludes halogenated alkanes) is 36. The predicted octanol–water partition coefficient (Wildman–Crippen LogP) is 24.4. The Labute approximate surface area is 460 Å². The van der Waals surface area contributed by atoms with Gasteiger partial charge in [0.05, 0.1) is 9.75 Å². The highest BCUT2D eigenvalue weighted by atomic mass is 32.1. The van der Waals surface area contributed by atoms with Gasteiger partial charge in [0, 0.05) is 29.3 Å². The molecule has 0 aliphatic carbocycles. The molecule has 0 saturated carbocycles. The molecule has 0 radical (unpaired) electrons. The fourth-order valence-corrected chi connectivity index (χ4v) is 15.8. The molecule has 4 heterocycles. The van der Waals surface area contributed by atoms with E-state index in [9.17, 15) is 9.59 Å². The summed E-state index contributed by atoms with van der Waals surface area (Å²) < 4.78 is 0. The minimum Gasteiger partial charge on any atom is -0.297 e. The van der Waals surface area contributed by atoms with Crippen molar-refractivity contribution < 1.29 is 9.59 Å². The molecule has 2 nitrogen and oxygen atoms in total. The second-order valence-electron chi connectivity index (χ2n) is 21.9. The van der Waals surface area contributed by atoms with Crippen molar-refractivity contribution in [3.05, 3.63) is 56.3 Å². The van der Waals surface area contributed by atoms with E-state index in [1.54, 1.807) is 22.7 Å². The summed E-state index contributed by atoms with van der Waals surface area (Å²) in [5.74, 6) is 0. The zero-order chi connectivity index (χ0) is 51.1. The van der Waals surface area contributed by atoms with Crippen LogP contribution in [-0.2, 0) is 25.7 Å². The molecule has 0 saturated heterocycles. The van der Waals surface area contributed by atoms with Crippen LogP contribution in [0.25, 0.3) is 29.3 Å². The lowest BCUT2D eigenvalue weighted by atomic mass is 10.0. The average Bonchev–Trinajstić information content (AvgIpc) is 4.21. The van der Waals surface area contributed by atoms with E-state index < -0.39 is 0 Å². The Hall–Kier alpha value is -1.86. The number of rotatable bonds is 49. The van der Waals surface area contributed by atoms with E-state index in [-0.39, 0.29) is 0 Å². The van der Waals surface area contributed by atoms with Gasteiger partial charge < -0.3 is 0 Å². The molecule has 0 N–H and O–H groups in total. The number of thiophene rings is 4. The number of hydrogen-bond acceptors (Lipinski definition) is 6. The van der Waals surface area contributed by atoms with Gasteiger partial charge in [0.25, 0.3) is 0 Å². The van der Waals surface area contributed by atoms with Crippen LogP contribution in [-0.4, -0.2) is 12.6 Å². The van der Waals surface area contributed by atoms with Crippen molar-refractivity contribution in [2.75, 3.05) is 0 Å². The van der Waals surface area contributed by atoms with Crippen LogP contribution < -0.4 is 0 Å². The van der Waals surface area contributed by atoms with Gasteiger partial charge in [-0.1, -0.05) is 259 Å². The largest absolute Gasteiger partial charge is 0.297 e. The maximum absolute atomic E-state index is 12.4. The zero-order valence-electron chi connectivity index (χ0n) is 47.0. The molecule has 4 rings (SSSR count). The molecular formula is C66H106O2S4. The number of aldehydes is 2. The van der Waals surface area contributed by atoms with Crippen molar-refractivity contribution in [2.45, 2.75) is 310 Å². The Balaban J connectivity index is 1.56. The highest BCUT2D eigenvalue weighted by Crippen LogP contribution is 2.49. The number of hydrogen-bond donors (Lipinski definition) is 0. The molecule has 4 aromatic heterocycles. The van der Waals surface area contributed by atoms with Gasteiger partial charge in [0.1, 0.15) is 0 Å². The molecule has 0 atom stereocenters. The van der Waals surface area contributed by atoms with Gasteiger partial charge >= 0.3 is 0 Å². The second kappa shape index (κ2) is 41.3. The summed E-state index contributed by atoms with van der Waals surface area (Å²) in [6.07, 6.45) is 60.3. The van der Waals surface area contributed by atoms with E-state index in [0.29, 0.717) is 0 Å². The highest BCUT2D eigenvalue weighted by molar-refractivity contribution is 7.29. The molecule has 4 aromatic rings. The smallest absolute Gasteiger partial charge is 0.160 e. The van der Waals surface area contributed by atoms with Gasteiger partial charge in [-0.05, 0) is 97.9 Å². The van der Waals surface area contributed by atoms with Crippen LogP contribution in [0, 0.1) is 0 Å². The maximum atomic E-state index is 12.4. The molecule has 406 valence electrons. The molecular weight excluding hydrogens is 953 g/mol. The Kier molecular flexibility index (Phi) is 36.0. The number of aryl methyl sites for hydroxylation is 4. The molecule has 0 unspecified atom stereocenters. The van der Waals surface area contributed by atoms with Crippen LogP contribution in [0.1, 0.15) is 326 Å². The summed E-state index contributed by atoms with van der Waals surface area (Å²) >= 11 is 7.48. The molecule has 0 amide bonds. The van der Waals surface area contributed by atoms with Gasteiger partial charge in [-0.2, -0.15) is 0 Å². The van der Waals surface area contributed by atoms with Crippen molar-refractivity contribution >= 4 is 57.9 Å². The average molecular weight is 1060 g/mol. The van der Waals surface area contributed by atoms with E-state index in [1.807, 2.05) is 22.7 Å². The molecule has 0 aliphatic heterocycles. The summed E-state index contributed by atoms with van der Waals surface area (Å²) in [5, 5.41) is 0. The van der Waals surface area contributed by atoms with Gasteiger partial charge in [0.15, 0.2) is 12.6 Å². The van der Waals surface area contributed by atoms with E-state index in [2.05, 4.69) is 52.0 Å². The lowest BCUT2D eigenvalue weighted by molar-refractivity contribution is 0.111. The Bertz CT molecular complexity index is 1800. The third-order valence-corrected chi connectivity index (χ3v) is 20.4. The third-order valence-electron chi connectivity index (χ3n) is 15.4. The molecule has 72 heavy (non-hydrogen) atoms. The molecule has 0 bridgehead atoms. The minimum absolute atomic E-state index is 0.878. The summed E-state index contributed by atoms with van der Waals surface area (Å²) in [5.41, 5.74) is 5.77. The van der Waals surface area contributed by atoms with Gasteiger partial charge in [-0.15, -0.1) is 45.3 Å². The van der Waals surface area contributed by atoms with E-state index >= 15 is 0 Å². The Morgan fingerprint density at radius 3 is 0.681 bits per heavy atom. The molecule has 0 spiro atoms. The maximum Gasteiger partial charge on any atom is 0.160 e. The first kappa shape index (κ1) is 62.7. The quantitative estimate of drug-likeness (QED) is 0.0326. The fourth-order valence-electron chi connectivity index (χ4n) is 10.8. The monoisotopic (exact) mass is 1060 g/mol. The normalized spacial score (nSPS) is 11.7. The number of carbonyl (C=O) groups excluding carboxylic acids is 2. The molecule has 6 heteroatoms. The summed E-state index contributed by atoms with van der Waals surface area (Å²) in [6, 6.07) is 9.59. The summed E-state index contributed by atoms with van der Waals surface area (Å²) in [7, 11) is 0. The number of carbonyl (C=O) groups is 2. The summed E-state index contributed by atoms with van der Waals surface area (Å²) in [6.45, 7) is 9.22. The second-order valence-corrected chi connectivity index (χ2v) is 26.2. The van der Waals surface area contributed by atoms with Crippen LogP contribution in [0.4, 0.5) is 0 Å². The van der Waals surface area contributed by atoms with Crippen molar-refractivity contribution in [1.29, 1.82) is 0 Å². The van der Waals surface area contributed by atoms with Gasteiger partial charge in [-0.3, -0.25) is 9.59 Å². The van der Waals surface area contributed by atoms with Crippen LogP contribution in [0.2, 0.25) is 0 Å². The van der Waals surface area contributed by atoms with Crippen LogP contribution in [0.15, 0.2) is 24.3 Å². The highest BCUT2D eigenvalue weighted by Gasteiger charge is 2.23. The Morgan fingerprint density at radius 1 is 0.264 bits per heavy atom. The van der Waals surface area contributed by atoms with Crippen molar-refractivity contribution in [3.8, 4) is 29.3 Å². The first-order valence-corrected chi connectivity index (χ1v) is 34.2. The van der Waals surface area contributed by atoms with Crippen LogP contribution >= 0.6 is 45.3 Å². The Morgan fingerprint density at radius 2 is 0.458 bits per heavy atom. The summed E-state index contributed by atoms with van der Waals surface area (Å²) in [4.78, 5) is 35.0. The molecule has 0 fully saturated rings. The van der Waals surface area contributed by atoms with Crippen molar-refractivity contribution in [1.82, 2.24) is 0 Å². The van der Waals surface area contributed by atoms with Crippen LogP contribution in [0.5, 0.6) is 0 Å². The zero-order valence-corrected chi connectivity index (χ0v) is 50.3. The van der Waals surface area contributed by atoms with Crippen molar-refractivity contribution in [3.63, 3.8) is 0 Å². The lowest BCUT2D eigenvalue weighted by Gasteiger charge is -2.07. The van der Waals surface area contributed by atoms with Crippen molar-refractivity contribution in [2.24, 2.45) is 0 Å². The fraction of sp³-hybridized carbons (Fsp3) is 0.727. The first-order chi connectivity index (χ1) is 35.6. The molecule has 0 aliphatic rings. The lowest BCUT2D eigenvalue weighted by Crippen LogP contribution is -1.90. The van der Waals surface area contributed by atoms with E-state index in [1.165, 1.54) is 308 Å². The predicted molar refractivity (Wildman–Crippen MR) is 327 cm³/mol. The SMILES string of the molecule is CCCCCCCCCCCCc1cc(C=O)sc1-c1sc(-c2cc(CCCCCCCCCCCC)c(-c3sc(C=O)cc3CCCCCCCCCCCC)s2)cc1CCCCCCCCCCCC.